The van der Waals surface area contributed by atoms with Gasteiger partial charge >= 0.3 is 0 Å². The highest BCUT2D eigenvalue weighted by Gasteiger charge is 2.11. The van der Waals surface area contributed by atoms with Crippen molar-refractivity contribution in [2.75, 3.05) is 13.2 Å². The molecule has 0 aliphatic rings. The molecule has 3 N–H and O–H groups in total. The van der Waals surface area contributed by atoms with Gasteiger partial charge in [-0.05, 0) is 56.9 Å². The molecule has 1 rings (SSSR count). The largest absolute Gasteiger partial charge is 0.507 e. The van der Waals surface area contributed by atoms with E-state index in [9.17, 15) is 9.90 Å². The number of aliphatic hydroxyl groups is 2. The van der Waals surface area contributed by atoms with E-state index in [-0.39, 0.29) is 24.7 Å². The van der Waals surface area contributed by atoms with Gasteiger partial charge in [0.2, 0.25) is 0 Å². The van der Waals surface area contributed by atoms with Crippen molar-refractivity contribution >= 4 is 5.78 Å². The van der Waals surface area contributed by atoms with E-state index in [1.165, 1.54) is 6.92 Å². The highest BCUT2D eigenvalue weighted by Crippen LogP contribution is 2.27. The zero-order chi connectivity index (χ0) is 16.7. The molecule has 0 fully saturated rings. The van der Waals surface area contributed by atoms with Crippen LogP contribution in [0.25, 0.3) is 0 Å². The van der Waals surface area contributed by atoms with E-state index in [1.807, 2.05) is 12.2 Å². The molecule has 0 aromatic heterocycles. The highest BCUT2D eigenvalue weighted by atomic mass is 16.3. The summed E-state index contributed by atoms with van der Waals surface area (Å²) in [5.41, 5.74) is 3.49. The van der Waals surface area contributed by atoms with Crippen LogP contribution in [0, 0.1) is 0 Å². The van der Waals surface area contributed by atoms with Crippen molar-refractivity contribution in [1.82, 2.24) is 0 Å². The van der Waals surface area contributed by atoms with Crippen LogP contribution in [0.3, 0.4) is 0 Å². The molecule has 4 nitrogen and oxygen atoms in total. The zero-order valence-corrected chi connectivity index (χ0v) is 13.4. The number of phenols is 1. The maximum Gasteiger partial charge on any atom is 0.159 e. The van der Waals surface area contributed by atoms with Crippen LogP contribution in [0.15, 0.2) is 35.4 Å². The van der Waals surface area contributed by atoms with Crippen molar-refractivity contribution in [3.63, 3.8) is 0 Å². The number of carbonyl (C=O) groups is 1. The first-order valence-corrected chi connectivity index (χ1v) is 7.27. The third-order valence-corrected chi connectivity index (χ3v) is 3.51. The molecule has 4 heteroatoms. The van der Waals surface area contributed by atoms with Gasteiger partial charge in [-0.2, -0.15) is 0 Å². The summed E-state index contributed by atoms with van der Waals surface area (Å²) < 4.78 is 0. The summed E-state index contributed by atoms with van der Waals surface area (Å²) in [6.07, 6.45) is 4.57. The Morgan fingerprint density at radius 3 is 1.68 bits per heavy atom. The second-order valence-corrected chi connectivity index (χ2v) is 5.52. The molecule has 0 aliphatic heterocycles. The SMILES string of the molecule is CC(=O)c1cc(CC=C(C)CO)c(O)c(CC=C(C)CO)c1. The van der Waals surface area contributed by atoms with Crippen molar-refractivity contribution in [2.24, 2.45) is 0 Å². The van der Waals surface area contributed by atoms with Gasteiger partial charge in [0, 0.05) is 5.56 Å². The second-order valence-electron chi connectivity index (χ2n) is 5.52. The molecule has 0 radical (unpaired) electrons. The summed E-state index contributed by atoms with van der Waals surface area (Å²) in [7, 11) is 0. The predicted octanol–water partition coefficient (Wildman–Crippen LogP) is 2.56. The van der Waals surface area contributed by atoms with Crippen LogP contribution in [-0.2, 0) is 12.8 Å². The van der Waals surface area contributed by atoms with Gasteiger partial charge in [0.05, 0.1) is 13.2 Å². The van der Waals surface area contributed by atoms with Gasteiger partial charge in [-0.3, -0.25) is 4.79 Å². The molecule has 1 aromatic carbocycles. The maximum atomic E-state index is 11.7. The van der Waals surface area contributed by atoms with Crippen LogP contribution in [0.2, 0.25) is 0 Å². The summed E-state index contributed by atoms with van der Waals surface area (Å²) in [5.74, 6) is 0.0993. The van der Waals surface area contributed by atoms with Crippen molar-refractivity contribution in [3.05, 3.63) is 52.1 Å². The van der Waals surface area contributed by atoms with Crippen LogP contribution in [0.4, 0.5) is 0 Å². The molecule has 1 aromatic rings. The Labute approximate surface area is 131 Å². The molecule has 120 valence electrons. The molecule has 0 heterocycles. The minimum absolute atomic E-state index is 0.0293. The summed E-state index contributed by atoms with van der Waals surface area (Å²) >= 11 is 0. The summed E-state index contributed by atoms with van der Waals surface area (Å²) in [6, 6.07) is 3.37. The van der Waals surface area contributed by atoms with Crippen molar-refractivity contribution in [2.45, 2.75) is 33.6 Å². The quantitative estimate of drug-likeness (QED) is 0.534. The standard InChI is InChI=1S/C18H24O4/c1-12(10-19)4-6-15-8-17(14(3)21)9-16(18(15)22)7-5-13(2)11-20/h4-5,8-9,19-20,22H,6-7,10-11H2,1-3H3. The number of Topliss-reactive ketones (excluding diaryl/α,β-unsaturated/α-hetero) is 1. The molecule has 0 aliphatic carbocycles. The molecule has 22 heavy (non-hydrogen) atoms. The molecular weight excluding hydrogens is 280 g/mol. The molecule has 0 bridgehead atoms. The number of aromatic hydroxyl groups is 1. The molecule has 0 unspecified atom stereocenters. The van der Waals surface area contributed by atoms with Crippen LogP contribution < -0.4 is 0 Å². The number of carbonyl (C=O) groups excluding carboxylic acids is 1. The van der Waals surface area contributed by atoms with E-state index in [1.54, 1.807) is 26.0 Å². The van der Waals surface area contributed by atoms with Crippen LogP contribution in [0.1, 0.15) is 42.3 Å². The second kappa shape index (κ2) is 8.51. The Hall–Kier alpha value is -1.91. The lowest BCUT2D eigenvalue weighted by atomic mass is 9.97. The highest BCUT2D eigenvalue weighted by molar-refractivity contribution is 5.94. The van der Waals surface area contributed by atoms with Crippen LogP contribution in [-0.4, -0.2) is 34.3 Å². The molecule has 0 saturated carbocycles. The third kappa shape index (κ3) is 5.13. The lowest BCUT2D eigenvalue weighted by molar-refractivity contribution is 0.101. The van der Waals surface area contributed by atoms with Gasteiger partial charge in [0.1, 0.15) is 5.75 Å². The van der Waals surface area contributed by atoms with Gasteiger partial charge in [-0.25, -0.2) is 0 Å². The summed E-state index contributed by atoms with van der Waals surface area (Å²) in [6.45, 7) is 5.04. The summed E-state index contributed by atoms with van der Waals surface area (Å²) in [4.78, 5) is 11.7. The number of phenolic OH excluding ortho intramolecular Hbond substituents is 1. The lowest BCUT2D eigenvalue weighted by Gasteiger charge is -2.11. The fraction of sp³-hybridized carbons (Fsp3) is 0.389. The topological polar surface area (TPSA) is 77.8 Å². The smallest absolute Gasteiger partial charge is 0.159 e. The average Bonchev–Trinajstić information content (AvgIpc) is 2.51. The number of benzene rings is 1. The van der Waals surface area contributed by atoms with E-state index in [0.29, 0.717) is 29.5 Å². The Bertz CT molecular complexity index is 554. The molecular formula is C18H24O4. The summed E-state index contributed by atoms with van der Waals surface area (Å²) in [5, 5.41) is 28.4. The number of rotatable bonds is 7. The number of hydrogen-bond donors (Lipinski definition) is 3. The molecule has 0 amide bonds. The minimum Gasteiger partial charge on any atom is -0.507 e. The lowest BCUT2D eigenvalue weighted by Crippen LogP contribution is -1.99. The number of aliphatic hydroxyl groups excluding tert-OH is 2. The number of allylic oxidation sites excluding steroid dienone is 2. The van der Waals surface area contributed by atoms with E-state index in [2.05, 4.69) is 0 Å². The van der Waals surface area contributed by atoms with Gasteiger partial charge in [0.25, 0.3) is 0 Å². The number of ketones is 1. The van der Waals surface area contributed by atoms with E-state index >= 15 is 0 Å². The number of hydrogen-bond acceptors (Lipinski definition) is 4. The fourth-order valence-corrected chi connectivity index (χ4v) is 1.97. The Morgan fingerprint density at radius 2 is 1.36 bits per heavy atom. The van der Waals surface area contributed by atoms with Crippen molar-refractivity contribution in [1.29, 1.82) is 0 Å². The zero-order valence-electron chi connectivity index (χ0n) is 13.4. The predicted molar refractivity (Wildman–Crippen MR) is 87.2 cm³/mol. The third-order valence-electron chi connectivity index (χ3n) is 3.51. The van der Waals surface area contributed by atoms with Crippen molar-refractivity contribution in [3.8, 4) is 5.75 Å². The minimum atomic E-state index is -0.0618. The monoisotopic (exact) mass is 304 g/mol. The van der Waals surface area contributed by atoms with Crippen molar-refractivity contribution < 1.29 is 20.1 Å². The Morgan fingerprint density at radius 1 is 0.955 bits per heavy atom. The molecule has 0 spiro atoms. The van der Waals surface area contributed by atoms with Gasteiger partial charge in [-0.15, -0.1) is 0 Å². The van der Waals surface area contributed by atoms with Gasteiger partial charge < -0.3 is 15.3 Å². The van der Waals surface area contributed by atoms with Crippen LogP contribution in [0.5, 0.6) is 5.75 Å². The van der Waals surface area contributed by atoms with E-state index in [0.717, 1.165) is 11.1 Å². The Balaban J connectivity index is 3.20. The van der Waals surface area contributed by atoms with E-state index < -0.39 is 0 Å². The maximum absolute atomic E-state index is 11.7. The Kier molecular flexibility index (Phi) is 7.02. The molecule has 0 atom stereocenters. The van der Waals surface area contributed by atoms with E-state index in [4.69, 9.17) is 10.2 Å². The fourth-order valence-electron chi connectivity index (χ4n) is 1.97. The first-order valence-electron chi connectivity index (χ1n) is 7.27. The molecule has 0 saturated heterocycles. The average molecular weight is 304 g/mol. The first-order chi connectivity index (χ1) is 10.4. The first kappa shape index (κ1) is 18.1. The normalized spacial score (nSPS) is 12.6. The van der Waals surface area contributed by atoms with Gasteiger partial charge in [-0.1, -0.05) is 23.3 Å². The van der Waals surface area contributed by atoms with Gasteiger partial charge in [0.15, 0.2) is 5.78 Å². The van der Waals surface area contributed by atoms with Crippen LogP contribution >= 0.6 is 0 Å².